The van der Waals surface area contributed by atoms with Gasteiger partial charge in [-0.25, -0.2) is 22.0 Å². The Balaban J connectivity index is 1.43. The van der Waals surface area contributed by atoms with Crippen LogP contribution in [0.3, 0.4) is 0 Å². The first kappa shape index (κ1) is 28.8. The Kier molecular flexibility index (Phi) is 9.41. The van der Waals surface area contributed by atoms with Crippen LogP contribution in [0, 0.1) is 41.8 Å². The first-order chi connectivity index (χ1) is 18.7. The minimum atomic E-state index is -1.08. The summed E-state index contributed by atoms with van der Waals surface area (Å²) in [5, 5.41) is 0. The number of allylic oxidation sites excluding steroid dienone is 2. The topological polar surface area (TPSA) is 9.23 Å². The molecule has 1 nitrogen and oxygen atoms in total. The van der Waals surface area contributed by atoms with Crippen LogP contribution in [0.25, 0.3) is 5.57 Å². The minimum absolute atomic E-state index is 0.0162. The maximum absolute atomic E-state index is 15.0. The summed E-state index contributed by atoms with van der Waals surface area (Å²) in [7, 11) is 0. The third-order valence-corrected chi connectivity index (χ3v) is 7.46. The van der Waals surface area contributed by atoms with Crippen molar-refractivity contribution in [2.24, 2.45) is 0 Å². The number of unbranched alkanes of at least 4 members (excludes halogenated alkanes) is 2. The van der Waals surface area contributed by atoms with Gasteiger partial charge in [0.15, 0.2) is 34.8 Å². The molecular weight excluding hydrogens is 514 g/mol. The van der Waals surface area contributed by atoms with Crippen LogP contribution in [-0.4, -0.2) is 6.61 Å². The van der Waals surface area contributed by atoms with Gasteiger partial charge in [-0.05, 0) is 85.3 Å². The fourth-order valence-corrected chi connectivity index (χ4v) is 5.05. The first-order valence-corrected chi connectivity index (χ1v) is 13.4. The van der Waals surface area contributed by atoms with Crippen LogP contribution < -0.4 is 4.74 Å². The molecule has 39 heavy (non-hydrogen) atoms. The second kappa shape index (κ2) is 12.8. The number of hydrogen-bond acceptors (Lipinski definition) is 1. The first-order valence-electron chi connectivity index (χ1n) is 13.4. The summed E-state index contributed by atoms with van der Waals surface area (Å²) in [4.78, 5) is 0. The summed E-state index contributed by atoms with van der Waals surface area (Å²) in [6.45, 7) is 3.82. The summed E-state index contributed by atoms with van der Waals surface area (Å²) in [5.41, 5.74) is 1.35. The second-order valence-corrected chi connectivity index (χ2v) is 10.1. The molecule has 0 radical (unpaired) electrons. The van der Waals surface area contributed by atoms with Gasteiger partial charge in [0.05, 0.1) is 6.61 Å². The molecule has 0 fully saturated rings. The van der Waals surface area contributed by atoms with Crippen molar-refractivity contribution < 1.29 is 31.1 Å². The molecule has 208 valence electrons. The summed E-state index contributed by atoms with van der Waals surface area (Å²) in [5.74, 6) is -6.30. The molecule has 1 aliphatic rings. The van der Waals surface area contributed by atoms with Gasteiger partial charge in [-0.1, -0.05) is 56.2 Å². The van der Waals surface area contributed by atoms with E-state index in [9.17, 15) is 22.0 Å². The van der Waals surface area contributed by atoms with E-state index in [-0.39, 0.29) is 52.3 Å². The molecule has 0 saturated carbocycles. The Morgan fingerprint density at radius 3 is 2.10 bits per heavy atom. The third-order valence-electron chi connectivity index (χ3n) is 7.46. The molecule has 7 heteroatoms. The van der Waals surface area contributed by atoms with Crippen molar-refractivity contribution >= 4 is 5.57 Å². The zero-order chi connectivity index (χ0) is 28.1. The van der Waals surface area contributed by atoms with Crippen molar-refractivity contribution in [1.29, 1.82) is 0 Å². The zero-order valence-corrected chi connectivity index (χ0v) is 22.2. The van der Waals surface area contributed by atoms with Crippen molar-refractivity contribution in [2.75, 3.05) is 6.61 Å². The molecule has 0 bridgehead atoms. The molecule has 1 unspecified atom stereocenters. The van der Waals surface area contributed by atoms with Crippen LogP contribution in [0.2, 0.25) is 0 Å². The van der Waals surface area contributed by atoms with Gasteiger partial charge in [-0.3, -0.25) is 0 Å². The largest absolute Gasteiger partial charge is 0.490 e. The Labute approximate surface area is 225 Å². The predicted octanol–water partition coefficient (Wildman–Crippen LogP) is 9.53. The van der Waals surface area contributed by atoms with Gasteiger partial charge in [-0.15, -0.1) is 0 Å². The van der Waals surface area contributed by atoms with Crippen LogP contribution in [0.5, 0.6) is 5.75 Å². The quantitative estimate of drug-likeness (QED) is 0.182. The van der Waals surface area contributed by atoms with Gasteiger partial charge < -0.3 is 4.74 Å². The van der Waals surface area contributed by atoms with Crippen molar-refractivity contribution in [3.8, 4) is 5.75 Å². The molecule has 3 aromatic rings. The average Bonchev–Trinajstić information content (AvgIpc) is 2.94. The molecule has 0 amide bonds. The highest BCUT2D eigenvalue weighted by molar-refractivity contribution is 5.67. The smallest absolute Gasteiger partial charge is 0.200 e. The van der Waals surface area contributed by atoms with E-state index in [0.717, 1.165) is 19.3 Å². The van der Waals surface area contributed by atoms with E-state index in [1.807, 2.05) is 6.92 Å². The van der Waals surface area contributed by atoms with Gasteiger partial charge >= 0.3 is 0 Å². The third kappa shape index (κ3) is 6.34. The molecule has 4 rings (SSSR count). The molecule has 0 aromatic heterocycles. The van der Waals surface area contributed by atoms with Crippen LogP contribution in [-0.2, 0) is 12.8 Å². The lowest BCUT2D eigenvalue weighted by molar-refractivity contribution is 0.285. The highest BCUT2D eigenvalue weighted by Gasteiger charge is 2.25. The van der Waals surface area contributed by atoms with Crippen LogP contribution in [0.4, 0.5) is 26.3 Å². The molecular formula is C32H32F6O. The van der Waals surface area contributed by atoms with Crippen molar-refractivity contribution in [3.63, 3.8) is 0 Å². The van der Waals surface area contributed by atoms with E-state index in [0.29, 0.717) is 31.4 Å². The van der Waals surface area contributed by atoms with Gasteiger partial charge in [0.1, 0.15) is 0 Å². The Morgan fingerprint density at radius 2 is 1.44 bits per heavy atom. The number of aryl methyl sites for hydroxylation is 3. The summed E-state index contributed by atoms with van der Waals surface area (Å²) < 4.78 is 92.7. The fraction of sp³-hybridized carbons (Fsp3) is 0.375. The Hall–Kier alpha value is -3.22. The van der Waals surface area contributed by atoms with Gasteiger partial charge in [0.25, 0.3) is 0 Å². The van der Waals surface area contributed by atoms with Gasteiger partial charge in [0.2, 0.25) is 5.82 Å². The normalized spacial score (nSPS) is 15.4. The Morgan fingerprint density at radius 1 is 0.744 bits per heavy atom. The van der Waals surface area contributed by atoms with Crippen LogP contribution in [0.1, 0.15) is 79.2 Å². The maximum atomic E-state index is 15.0. The van der Waals surface area contributed by atoms with E-state index in [2.05, 4.69) is 0 Å². The lowest BCUT2D eigenvalue weighted by Gasteiger charge is -2.24. The number of halogens is 6. The summed E-state index contributed by atoms with van der Waals surface area (Å²) >= 11 is 0. The SMILES string of the molecule is CCCCCOc1ccc(CCc2ccc(C3=CCC(c4ccc(C)c(F)c4F)CC3)c(F)c2F)c(F)c1F. The molecule has 0 saturated heterocycles. The van der Waals surface area contributed by atoms with Gasteiger partial charge in [-0.2, -0.15) is 4.39 Å². The highest BCUT2D eigenvalue weighted by atomic mass is 19.2. The van der Waals surface area contributed by atoms with E-state index in [4.69, 9.17) is 4.74 Å². The van der Waals surface area contributed by atoms with E-state index >= 15 is 4.39 Å². The number of rotatable bonds is 10. The monoisotopic (exact) mass is 546 g/mol. The van der Waals surface area contributed by atoms with Crippen molar-refractivity contribution in [3.05, 3.63) is 105 Å². The van der Waals surface area contributed by atoms with Gasteiger partial charge in [0, 0.05) is 5.56 Å². The van der Waals surface area contributed by atoms with Crippen molar-refractivity contribution in [1.82, 2.24) is 0 Å². The number of ether oxygens (including phenoxy) is 1. The molecule has 1 aliphatic carbocycles. The van der Waals surface area contributed by atoms with E-state index < -0.39 is 34.9 Å². The van der Waals surface area contributed by atoms with Crippen molar-refractivity contribution in [2.45, 2.75) is 71.1 Å². The minimum Gasteiger partial charge on any atom is -0.490 e. The molecule has 0 heterocycles. The molecule has 0 N–H and O–H groups in total. The fourth-order valence-electron chi connectivity index (χ4n) is 5.05. The molecule has 0 spiro atoms. The summed E-state index contributed by atoms with van der Waals surface area (Å²) in [6, 6.07) is 8.82. The lowest BCUT2D eigenvalue weighted by atomic mass is 9.82. The Bertz CT molecular complexity index is 1360. The second-order valence-electron chi connectivity index (χ2n) is 10.1. The predicted molar refractivity (Wildman–Crippen MR) is 141 cm³/mol. The molecule has 3 aromatic carbocycles. The van der Waals surface area contributed by atoms with Crippen LogP contribution >= 0.6 is 0 Å². The molecule has 0 aliphatic heterocycles. The highest BCUT2D eigenvalue weighted by Crippen LogP contribution is 2.39. The van der Waals surface area contributed by atoms with E-state index in [1.54, 1.807) is 12.1 Å². The van der Waals surface area contributed by atoms with Crippen LogP contribution in [0.15, 0.2) is 42.5 Å². The van der Waals surface area contributed by atoms with E-state index in [1.165, 1.54) is 37.3 Å². The number of hydrogen-bond donors (Lipinski definition) is 0. The standard InChI is InChI=1S/C32H32F6O/c1-3-4-5-18-39-26-17-14-23(29(35)32(26)38)12-11-22-13-16-25(31(37)28(22)34)21-9-7-20(8-10-21)24-15-6-19(2)27(33)30(24)36/h6,9,13-17,20H,3-5,7-8,10-12,18H2,1-2H3. The maximum Gasteiger partial charge on any atom is 0.200 e. The average molecular weight is 547 g/mol. The molecule has 1 atom stereocenters. The zero-order valence-electron chi connectivity index (χ0n) is 22.2. The number of benzene rings is 3. The summed E-state index contributed by atoms with van der Waals surface area (Å²) in [6.07, 6.45) is 5.58. The lowest BCUT2D eigenvalue weighted by Crippen LogP contribution is -2.09.